The molecule has 0 aliphatic heterocycles. The monoisotopic (exact) mass is 342 g/mol. The molecule has 5 heteroatoms. The van der Waals surface area contributed by atoms with E-state index in [1.54, 1.807) is 55.5 Å². The van der Waals surface area contributed by atoms with Crippen LogP contribution >= 0.6 is 0 Å². The van der Waals surface area contributed by atoms with Gasteiger partial charge in [-0.25, -0.2) is 9.59 Å². The SMILES string of the molecule is CC(O)(CCOC(=O)c1ccccc1)CCOC(=O)c1ccccc1. The molecule has 0 fully saturated rings. The van der Waals surface area contributed by atoms with Crippen LogP contribution in [0.15, 0.2) is 60.7 Å². The predicted molar refractivity (Wildman–Crippen MR) is 93.3 cm³/mol. The lowest BCUT2D eigenvalue weighted by atomic mass is 9.99. The number of aliphatic hydroxyl groups is 1. The minimum absolute atomic E-state index is 0.0906. The van der Waals surface area contributed by atoms with E-state index in [4.69, 9.17) is 9.47 Å². The summed E-state index contributed by atoms with van der Waals surface area (Å²) >= 11 is 0. The van der Waals surface area contributed by atoms with Crippen molar-refractivity contribution < 1.29 is 24.2 Å². The van der Waals surface area contributed by atoms with Crippen molar-refractivity contribution in [1.29, 1.82) is 0 Å². The van der Waals surface area contributed by atoms with Gasteiger partial charge in [0.05, 0.1) is 29.9 Å². The molecule has 0 aliphatic carbocycles. The Balaban J connectivity index is 1.69. The standard InChI is InChI=1S/C20H22O5/c1-20(23,12-14-24-18(21)16-8-4-2-5-9-16)13-15-25-19(22)17-10-6-3-7-11-17/h2-11,23H,12-15H2,1H3. The summed E-state index contributed by atoms with van der Waals surface area (Å²) in [6.45, 7) is 1.81. The van der Waals surface area contributed by atoms with Gasteiger partial charge in [0.1, 0.15) is 0 Å². The average molecular weight is 342 g/mol. The maximum absolute atomic E-state index is 11.8. The molecule has 0 saturated carbocycles. The van der Waals surface area contributed by atoms with E-state index in [-0.39, 0.29) is 26.1 Å². The molecule has 0 atom stereocenters. The predicted octanol–water partition coefficient (Wildman–Crippen LogP) is 3.23. The van der Waals surface area contributed by atoms with Crippen LogP contribution in [0.3, 0.4) is 0 Å². The second-order valence-corrected chi connectivity index (χ2v) is 6.00. The number of ether oxygens (including phenoxy) is 2. The minimum atomic E-state index is -1.09. The van der Waals surface area contributed by atoms with Gasteiger partial charge in [0.2, 0.25) is 0 Å². The second-order valence-electron chi connectivity index (χ2n) is 6.00. The number of carbonyl (C=O) groups is 2. The van der Waals surface area contributed by atoms with Gasteiger partial charge in [0.25, 0.3) is 0 Å². The Morgan fingerprint density at radius 2 is 1.16 bits per heavy atom. The van der Waals surface area contributed by atoms with Crippen LogP contribution in [0.1, 0.15) is 40.5 Å². The maximum atomic E-state index is 11.8. The summed E-state index contributed by atoms with van der Waals surface area (Å²) in [6, 6.07) is 17.3. The summed E-state index contributed by atoms with van der Waals surface area (Å²) in [5.41, 5.74) is -0.147. The summed E-state index contributed by atoms with van der Waals surface area (Å²) in [4.78, 5) is 23.6. The molecule has 1 N–H and O–H groups in total. The first-order valence-electron chi connectivity index (χ1n) is 8.15. The van der Waals surface area contributed by atoms with Gasteiger partial charge < -0.3 is 14.6 Å². The topological polar surface area (TPSA) is 72.8 Å². The Labute approximate surface area is 147 Å². The van der Waals surface area contributed by atoms with Crippen LogP contribution in [0.5, 0.6) is 0 Å². The third kappa shape index (κ3) is 6.39. The van der Waals surface area contributed by atoms with Gasteiger partial charge in [-0.1, -0.05) is 36.4 Å². The van der Waals surface area contributed by atoms with Crippen molar-refractivity contribution in [1.82, 2.24) is 0 Å². The van der Waals surface area contributed by atoms with Gasteiger partial charge in [-0.2, -0.15) is 0 Å². The van der Waals surface area contributed by atoms with Crippen molar-refractivity contribution in [3.05, 3.63) is 71.8 Å². The Morgan fingerprint density at radius 3 is 1.52 bits per heavy atom. The zero-order valence-electron chi connectivity index (χ0n) is 14.2. The fraction of sp³-hybridized carbons (Fsp3) is 0.300. The Hall–Kier alpha value is -2.66. The van der Waals surface area contributed by atoms with Gasteiger partial charge in [-0.15, -0.1) is 0 Å². The quantitative estimate of drug-likeness (QED) is 0.746. The van der Waals surface area contributed by atoms with E-state index in [9.17, 15) is 14.7 Å². The molecule has 2 rings (SSSR count). The van der Waals surface area contributed by atoms with Gasteiger partial charge in [-0.05, 0) is 31.2 Å². The second kappa shape index (κ2) is 8.99. The lowest BCUT2D eigenvalue weighted by Gasteiger charge is -2.22. The number of hydrogen-bond donors (Lipinski definition) is 1. The van der Waals surface area contributed by atoms with E-state index in [0.29, 0.717) is 11.1 Å². The summed E-state index contributed by atoms with van der Waals surface area (Å²) in [7, 11) is 0. The van der Waals surface area contributed by atoms with Crippen molar-refractivity contribution >= 4 is 11.9 Å². The highest BCUT2D eigenvalue weighted by Gasteiger charge is 2.22. The largest absolute Gasteiger partial charge is 0.462 e. The van der Waals surface area contributed by atoms with Crippen molar-refractivity contribution in [3.63, 3.8) is 0 Å². The summed E-state index contributed by atoms with van der Waals surface area (Å²) in [6.07, 6.45) is 0.517. The fourth-order valence-corrected chi connectivity index (χ4v) is 2.17. The molecule has 0 spiro atoms. The van der Waals surface area contributed by atoms with Crippen molar-refractivity contribution in [3.8, 4) is 0 Å². The number of hydrogen-bond acceptors (Lipinski definition) is 5. The highest BCUT2D eigenvalue weighted by molar-refractivity contribution is 5.89. The Bertz CT molecular complexity index is 620. The first kappa shape index (κ1) is 18.7. The first-order valence-corrected chi connectivity index (χ1v) is 8.15. The minimum Gasteiger partial charge on any atom is -0.462 e. The molecule has 25 heavy (non-hydrogen) atoms. The highest BCUT2D eigenvalue weighted by atomic mass is 16.5. The van der Waals surface area contributed by atoms with Gasteiger partial charge in [-0.3, -0.25) is 0 Å². The van der Waals surface area contributed by atoms with Crippen LogP contribution in [0.2, 0.25) is 0 Å². The van der Waals surface area contributed by atoms with E-state index in [1.807, 2.05) is 12.1 Å². The van der Waals surface area contributed by atoms with Gasteiger partial charge in [0, 0.05) is 12.8 Å². The molecule has 0 bridgehead atoms. The highest BCUT2D eigenvalue weighted by Crippen LogP contribution is 2.15. The van der Waals surface area contributed by atoms with E-state index in [2.05, 4.69) is 0 Å². The van der Waals surface area contributed by atoms with E-state index in [0.717, 1.165) is 0 Å². The van der Waals surface area contributed by atoms with E-state index < -0.39 is 17.5 Å². The van der Waals surface area contributed by atoms with E-state index >= 15 is 0 Å². The molecular weight excluding hydrogens is 320 g/mol. The molecule has 0 radical (unpaired) electrons. The molecule has 2 aromatic rings. The van der Waals surface area contributed by atoms with E-state index in [1.165, 1.54) is 0 Å². The first-order chi connectivity index (χ1) is 12.0. The third-order valence-electron chi connectivity index (χ3n) is 3.77. The maximum Gasteiger partial charge on any atom is 0.338 e. The molecule has 0 aliphatic rings. The molecule has 0 aromatic heterocycles. The van der Waals surface area contributed by atoms with Crippen LogP contribution in [-0.2, 0) is 9.47 Å². The van der Waals surface area contributed by atoms with Crippen LogP contribution in [0.25, 0.3) is 0 Å². The summed E-state index contributed by atoms with van der Waals surface area (Å²) in [5.74, 6) is -0.848. The normalized spacial score (nSPS) is 11.0. The lowest BCUT2D eigenvalue weighted by Crippen LogP contribution is -2.29. The molecule has 5 nitrogen and oxygen atoms in total. The molecule has 0 unspecified atom stereocenters. The fourth-order valence-electron chi connectivity index (χ4n) is 2.17. The number of carbonyl (C=O) groups excluding carboxylic acids is 2. The van der Waals surface area contributed by atoms with Crippen molar-refractivity contribution in [2.45, 2.75) is 25.4 Å². The van der Waals surface area contributed by atoms with Gasteiger partial charge in [0.15, 0.2) is 0 Å². The Kier molecular flexibility index (Phi) is 6.71. The lowest BCUT2D eigenvalue weighted by molar-refractivity contribution is -0.00581. The Morgan fingerprint density at radius 1 is 0.800 bits per heavy atom. The molecule has 0 saturated heterocycles. The molecule has 0 amide bonds. The average Bonchev–Trinajstić information content (AvgIpc) is 2.62. The summed E-state index contributed by atoms with van der Waals surface area (Å²) < 4.78 is 10.3. The van der Waals surface area contributed by atoms with Crippen molar-refractivity contribution in [2.75, 3.05) is 13.2 Å². The zero-order chi connectivity index (χ0) is 18.1. The van der Waals surface area contributed by atoms with Crippen molar-refractivity contribution in [2.24, 2.45) is 0 Å². The van der Waals surface area contributed by atoms with Crippen LogP contribution in [-0.4, -0.2) is 35.9 Å². The third-order valence-corrected chi connectivity index (χ3v) is 3.77. The number of benzene rings is 2. The number of rotatable bonds is 8. The van der Waals surface area contributed by atoms with Crippen LogP contribution in [0, 0.1) is 0 Å². The molecule has 132 valence electrons. The zero-order valence-corrected chi connectivity index (χ0v) is 14.2. The smallest absolute Gasteiger partial charge is 0.338 e. The molecule has 0 heterocycles. The van der Waals surface area contributed by atoms with Gasteiger partial charge >= 0.3 is 11.9 Å². The number of esters is 2. The van der Waals surface area contributed by atoms with Crippen LogP contribution in [0.4, 0.5) is 0 Å². The van der Waals surface area contributed by atoms with Crippen LogP contribution < -0.4 is 0 Å². The summed E-state index contributed by atoms with van der Waals surface area (Å²) in [5, 5.41) is 10.3. The molecule has 2 aromatic carbocycles. The molecular formula is C20H22O5.